The number of rotatable bonds is 5. The molecule has 0 unspecified atom stereocenters. The van der Waals surface area contributed by atoms with Gasteiger partial charge in [-0.05, 0) is 30.0 Å². The Morgan fingerprint density at radius 3 is 2.95 bits per heavy atom. The molecule has 20 heavy (non-hydrogen) atoms. The number of aryl methyl sites for hydroxylation is 1. The van der Waals surface area contributed by atoms with E-state index in [4.69, 9.17) is 5.11 Å². The summed E-state index contributed by atoms with van der Waals surface area (Å²) in [5.41, 5.74) is 1.54. The van der Waals surface area contributed by atoms with Crippen molar-refractivity contribution in [1.82, 2.24) is 19.8 Å². The number of aliphatic carboxylic acids is 1. The number of carboxylic acid groups (broad SMARTS) is 1. The third-order valence-corrected chi connectivity index (χ3v) is 3.78. The Morgan fingerprint density at radius 1 is 1.30 bits per heavy atom. The van der Waals surface area contributed by atoms with Crippen LogP contribution in [0.3, 0.4) is 0 Å². The average molecular weight is 288 g/mol. The van der Waals surface area contributed by atoms with Gasteiger partial charge in [-0.15, -0.1) is 21.5 Å². The van der Waals surface area contributed by atoms with Crippen LogP contribution in [0.5, 0.6) is 0 Å². The third-order valence-electron chi connectivity index (χ3n) is 2.89. The molecule has 0 aliphatic rings. The van der Waals surface area contributed by atoms with Crippen molar-refractivity contribution in [2.75, 3.05) is 0 Å². The monoisotopic (exact) mass is 288 g/mol. The topological polar surface area (TPSA) is 80.4 Å². The zero-order chi connectivity index (χ0) is 13.9. The molecule has 0 aromatic carbocycles. The maximum Gasteiger partial charge on any atom is 0.303 e. The summed E-state index contributed by atoms with van der Waals surface area (Å²) >= 11 is 1.62. The molecular formula is C13H12N4O2S. The molecule has 1 N–H and O–H groups in total. The van der Waals surface area contributed by atoms with Crippen LogP contribution >= 0.6 is 11.3 Å². The van der Waals surface area contributed by atoms with Crippen LogP contribution in [0.15, 0.2) is 29.6 Å². The second-order valence-electron chi connectivity index (χ2n) is 4.33. The zero-order valence-corrected chi connectivity index (χ0v) is 11.4. The Morgan fingerprint density at radius 2 is 2.20 bits per heavy atom. The summed E-state index contributed by atoms with van der Waals surface area (Å²) in [7, 11) is 0. The average Bonchev–Trinajstić information content (AvgIpc) is 3.07. The first-order chi connectivity index (χ1) is 9.74. The molecule has 0 atom stereocenters. The highest BCUT2D eigenvalue weighted by Crippen LogP contribution is 2.22. The van der Waals surface area contributed by atoms with E-state index < -0.39 is 5.97 Å². The number of hydrogen-bond acceptors (Lipinski definition) is 5. The molecule has 6 nitrogen and oxygen atoms in total. The fraction of sp³-hybridized carbons (Fsp3) is 0.231. The molecule has 3 aromatic heterocycles. The lowest BCUT2D eigenvalue weighted by molar-refractivity contribution is -0.137. The van der Waals surface area contributed by atoms with Crippen molar-refractivity contribution in [3.63, 3.8) is 0 Å². The Hall–Kier alpha value is -2.28. The lowest BCUT2D eigenvalue weighted by Gasteiger charge is -2.00. The van der Waals surface area contributed by atoms with Crippen LogP contribution in [-0.2, 0) is 11.2 Å². The lowest BCUT2D eigenvalue weighted by Crippen LogP contribution is -2.02. The summed E-state index contributed by atoms with van der Waals surface area (Å²) in [4.78, 5) is 11.6. The molecule has 102 valence electrons. The Bertz CT molecular complexity index is 736. The maximum absolute atomic E-state index is 10.5. The summed E-state index contributed by atoms with van der Waals surface area (Å²) in [6.45, 7) is 0. The molecule has 0 aliphatic carbocycles. The highest BCUT2D eigenvalue weighted by molar-refractivity contribution is 7.13. The molecule has 7 heteroatoms. The van der Waals surface area contributed by atoms with Crippen LogP contribution in [-0.4, -0.2) is 30.9 Å². The van der Waals surface area contributed by atoms with Crippen LogP contribution in [0.1, 0.15) is 18.7 Å². The van der Waals surface area contributed by atoms with Crippen molar-refractivity contribution in [2.24, 2.45) is 0 Å². The smallest absolute Gasteiger partial charge is 0.303 e. The van der Waals surface area contributed by atoms with E-state index in [1.807, 2.05) is 29.6 Å². The highest BCUT2D eigenvalue weighted by atomic mass is 32.1. The molecule has 0 spiro atoms. The fourth-order valence-electron chi connectivity index (χ4n) is 1.94. The highest BCUT2D eigenvalue weighted by Gasteiger charge is 2.09. The minimum absolute atomic E-state index is 0.125. The minimum Gasteiger partial charge on any atom is -0.481 e. The lowest BCUT2D eigenvalue weighted by atomic mass is 10.2. The Labute approximate surface area is 118 Å². The number of hydrogen-bond donors (Lipinski definition) is 1. The minimum atomic E-state index is -0.800. The van der Waals surface area contributed by atoms with E-state index in [0.29, 0.717) is 24.3 Å². The van der Waals surface area contributed by atoms with Gasteiger partial charge in [-0.25, -0.2) is 0 Å². The Balaban J connectivity index is 1.89. The molecule has 0 bridgehead atoms. The number of carbonyl (C=O) groups is 1. The summed E-state index contributed by atoms with van der Waals surface area (Å²) in [6.07, 6.45) is 1.20. The van der Waals surface area contributed by atoms with Gasteiger partial charge in [0, 0.05) is 12.8 Å². The molecule has 3 aromatic rings. The van der Waals surface area contributed by atoms with Gasteiger partial charge in [0.05, 0.1) is 4.88 Å². The number of thiophene rings is 1. The summed E-state index contributed by atoms with van der Waals surface area (Å²) < 4.78 is 1.69. The standard InChI is InChI=1S/C13H12N4O2S/c18-13(19)5-1-4-11-14-15-12-7-6-9(16-17(11)12)10-3-2-8-20-10/h2-3,6-8H,1,4-5H2,(H,18,19). The number of carboxylic acids is 1. The van der Waals surface area contributed by atoms with Crippen molar-refractivity contribution in [2.45, 2.75) is 19.3 Å². The van der Waals surface area contributed by atoms with Crippen LogP contribution in [0.25, 0.3) is 16.2 Å². The molecule has 3 rings (SSSR count). The van der Waals surface area contributed by atoms with Gasteiger partial charge in [0.1, 0.15) is 5.69 Å². The molecular weight excluding hydrogens is 276 g/mol. The van der Waals surface area contributed by atoms with Gasteiger partial charge < -0.3 is 5.11 Å². The first-order valence-electron chi connectivity index (χ1n) is 6.21. The SMILES string of the molecule is O=C(O)CCCc1nnc2ccc(-c3cccs3)nn12. The summed E-state index contributed by atoms with van der Waals surface area (Å²) in [5, 5.41) is 23.3. The van der Waals surface area contributed by atoms with Crippen molar-refractivity contribution in [3.05, 3.63) is 35.5 Å². The van der Waals surface area contributed by atoms with Gasteiger partial charge in [0.2, 0.25) is 0 Å². The molecule has 0 aliphatic heterocycles. The number of aromatic nitrogens is 4. The van der Waals surface area contributed by atoms with Crippen LogP contribution in [0.2, 0.25) is 0 Å². The largest absolute Gasteiger partial charge is 0.481 e. The van der Waals surface area contributed by atoms with Crippen molar-refractivity contribution in [1.29, 1.82) is 0 Å². The van der Waals surface area contributed by atoms with Crippen molar-refractivity contribution >= 4 is 23.0 Å². The van der Waals surface area contributed by atoms with Gasteiger partial charge in [0.15, 0.2) is 11.5 Å². The zero-order valence-electron chi connectivity index (χ0n) is 10.6. The second kappa shape index (κ2) is 5.38. The molecule has 3 heterocycles. The quantitative estimate of drug-likeness (QED) is 0.779. The predicted molar refractivity (Wildman–Crippen MR) is 74.7 cm³/mol. The van der Waals surface area contributed by atoms with Gasteiger partial charge >= 0.3 is 5.97 Å². The van der Waals surface area contributed by atoms with E-state index >= 15 is 0 Å². The fourth-order valence-corrected chi connectivity index (χ4v) is 2.63. The van der Waals surface area contributed by atoms with Gasteiger partial charge in [-0.2, -0.15) is 9.61 Å². The van der Waals surface area contributed by atoms with Gasteiger partial charge in [0.25, 0.3) is 0 Å². The summed E-state index contributed by atoms with van der Waals surface area (Å²) in [6, 6.07) is 7.77. The first kappa shape index (κ1) is 12.7. The molecule has 0 radical (unpaired) electrons. The van der Waals surface area contributed by atoms with Crippen LogP contribution in [0, 0.1) is 0 Å². The maximum atomic E-state index is 10.5. The molecule has 0 fully saturated rings. The third kappa shape index (κ3) is 2.53. The normalized spacial score (nSPS) is 11.0. The van der Waals surface area contributed by atoms with E-state index in [2.05, 4.69) is 15.3 Å². The van der Waals surface area contributed by atoms with E-state index in [-0.39, 0.29) is 6.42 Å². The van der Waals surface area contributed by atoms with Gasteiger partial charge in [-0.1, -0.05) is 6.07 Å². The van der Waals surface area contributed by atoms with E-state index in [9.17, 15) is 4.79 Å². The summed E-state index contributed by atoms with van der Waals surface area (Å²) in [5.74, 6) is -0.106. The van der Waals surface area contributed by atoms with E-state index in [1.54, 1.807) is 15.9 Å². The van der Waals surface area contributed by atoms with Crippen molar-refractivity contribution < 1.29 is 9.90 Å². The van der Waals surface area contributed by atoms with E-state index in [1.165, 1.54) is 0 Å². The number of nitrogens with zero attached hydrogens (tertiary/aromatic N) is 4. The predicted octanol–water partition coefficient (Wildman–Crippen LogP) is 2.26. The van der Waals surface area contributed by atoms with Crippen molar-refractivity contribution in [3.8, 4) is 10.6 Å². The molecule has 0 saturated carbocycles. The Kier molecular flexibility index (Phi) is 3.42. The molecule has 0 saturated heterocycles. The van der Waals surface area contributed by atoms with Crippen LogP contribution in [0.4, 0.5) is 0 Å². The van der Waals surface area contributed by atoms with E-state index in [0.717, 1.165) is 10.6 Å². The molecule has 0 amide bonds. The first-order valence-corrected chi connectivity index (χ1v) is 7.09. The number of fused-ring (bicyclic) bond motifs is 1. The van der Waals surface area contributed by atoms with Crippen LogP contribution < -0.4 is 0 Å². The second-order valence-corrected chi connectivity index (χ2v) is 5.28. The van der Waals surface area contributed by atoms with Gasteiger partial charge in [-0.3, -0.25) is 4.79 Å².